The molecule has 0 saturated heterocycles. The van der Waals surface area contributed by atoms with Crippen LogP contribution in [0.15, 0.2) is 23.8 Å². The summed E-state index contributed by atoms with van der Waals surface area (Å²) in [6.07, 6.45) is -3.42. The molecule has 0 fully saturated rings. The second-order valence-corrected chi connectivity index (χ2v) is 3.38. The summed E-state index contributed by atoms with van der Waals surface area (Å²) in [6.45, 7) is 1.15. The van der Waals surface area contributed by atoms with Gasteiger partial charge in [-0.1, -0.05) is 12.1 Å². The molecule has 0 amide bonds. The first-order valence-electron chi connectivity index (χ1n) is 4.49. The standard InChI is InChI=1S/C11H10F4O/c1-7(6-16)4-8-2-3-9(12)5-10(8)11(13,14)15/h2-5,16H,6H2,1H3/b7-4-. The zero-order valence-electron chi connectivity index (χ0n) is 8.48. The summed E-state index contributed by atoms with van der Waals surface area (Å²) in [5, 5.41) is 8.72. The lowest BCUT2D eigenvalue weighted by molar-refractivity contribution is -0.137. The fourth-order valence-electron chi connectivity index (χ4n) is 1.21. The number of benzene rings is 1. The monoisotopic (exact) mass is 234 g/mol. The molecular formula is C11H10F4O. The van der Waals surface area contributed by atoms with Crippen LogP contribution in [0, 0.1) is 5.82 Å². The molecule has 0 aromatic heterocycles. The molecule has 5 heteroatoms. The van der Waals surface area contributed by atoms with Crippen LogP contribution in [-0.4, -0.2) is 11.7 Å². The van der Waals surface area contributed by atoms with E-state index in [0.717, 1.165) is 12.1 Å². The molecule has 0 bridgehead atoms. The average Bonchev–Trinajstić information content (AvgIpc) is 2.19. The van der Waals surface area contributed by atoms with Gasteiger partial charge in [-0.25, -0.2) is 4.39 Å². The number of hydrogen-bond acceptors (Lipinski definition) is 1. The van der Waals surface area contributed by atoms with Crippen molar-refractivity contribution in [1.29, 1.82) is 0 Å². The average molecular weight is 234 g/mol. The normalized spacial score (nSPS) is 13.0. The van der Waals surface area contributed by atoms with Crippen molar-refractivity contribution in [2.45, 2.75) is 13.1 Å². The van der Waals surface area contributed by atoms with Crippen LogP contribution in [0.25, 0.3) is 6.08 Å². The van der Waals surface area contributed by atoms with Crippen LogP contribution in [-0.2, 0) is 6.18 Å². The van der Waals surface area contributed by atoms with Gasteiger partial charge in [-0.05, 0) is 30.2 Å². The van der Waals surface area contributed by atoms with E-state index in [-0.39, 0.29) is 12.2 Å². The van der Waals surface area contributed by atoms with Crippen LogP contribution in [0.5, 0.6) is 0 Å². The van der Waals surface area contributed by atoms with E-state index in [9.17, 15) is 17.6 Å². The van der Waals surface area contributed by atoms with Gasteiger partial charge < -0.3 is 5.11 Å². The first kappa shape index (κ1) is 12.7. The Morgan fingerprint density at radius 2 is 2.00 bits per heavy atom. The molecule has 1 aromatic carbocycles. The Bertz CT molecular complexity index is 407. The molecular weight excluding hydrogens is 224 g/mol. The van der Waals surface area contributed by atoms with E-state index in [1.807, 2.05) is 0 Å². The first-order valence-corrected chi connectivity index (χ1v) is 4.49. The summed E-state index contributed by atoms with van der Waals surface area (Å²) >= 11 is 0. The molecule has 0 saturated carbocycles. The van der Waals surface area contributed by atoms with E-state index in [1.165, 1.54) is 13.0 Å². The highest BCUT2D eigenvalue weighted by Gasteiger charge is 2.33. The molecule has 1 nitrogen and oxygen atoms in total. The van der Waals surface area contributed by atoms with Crippen LogP contribution >= 0.6 is 0 Å². The van der Waals surface area contributed by atoms with Crippen LogP contribution < -0.4 is 0 Å². The zero-order valence-corrected chi connectivity index (χ0v) is 8.48. The molecule has 16 heavy (non-hydrogen) atoms. The van der Waals surface area contributed by atoms with Gasteiger partial charge in [-0.3, -0.25) is 0 Å². The summed E-state index contributed by atoms with van der Waals surface area (Å²) in [7, 11) is 0. The molecule has 0 aliphatic heterocycles. The fourth-order valence-corrected chi connectivity index (χ4v) is 1.21. The highest BCUT2D eigenvalue weighted by atomic mass is 19.4. The molecule has 0 spiro atoms. The van der Waals surface area contributed by atoms with Gasteiger partial charge in [0.15, 0.2) is 0 Å². The Hall–Kier alpha value is -1.36. The number of alkyl halides is 3. The Kier molecular flexibility index (Phi) is 3.70. The molecule has 0 atom stereocenters. The second-order valence-electron chi connectivity index (χ2n) is 3.38. The summed E-state index contributed by atoms with van der Waals surface area (Å²) in [5.41, 5.74) is -0.821. The molecule has 0 unspecified atom stereocenters. The van der Waals surface area contributed by atoms with Crippen LogP contribution in [0.1, 0.15) is 18.1 Å². The van der Waals surface area contributed by atoms with Crippen molar-refractivity contribution in [2.24, 2.45) is 0 Å². The Balaban J connectivity index is 3.29. The summed E-state index contributed by atoms with van der Waals surface area (Å²) in [6, 6.07) is 2.43. The fraction of sp³-hybridized carbons (Fsp3) is 0.273. The lowest BCUT2D eigenvalue weighted by Crippen LogP contribution is -2.08. The molecule has 1 aromatic rings. The van der Waals surface area contributed by atoms with Crippen molar-refractivity contribution >= 4 is 6.08 Å². The minimum Gasteiger partial charge on any atom is -0.392 e. The SMILES string of the molecule is C/C(=C/c1ccc(F)cc1C(F)(F)F)CO. The molecule has 0 heterocycles. The number of halogens is 4. The highest BCUT2D eigenvalue weighted by molar-refractivity contribution is 5.57. The molecule has 88 valence electrons. The molecule has 0 aliphatic carbocycles. The van der Waals surface area contributed by atoms with E-state index >= 15 is 0 Å². The van der Waals surface area contributed by atoms with Gasteiger partial charge in [-0.2, -0.15) is 13.2 Å². The van der Waals surface area contributed by atoms with Crippen molar-refractivity contribution in [3.63, 3.8) is 0 Å². The van der Waals surface area contributed by atoms with Crippen molar-refractivity contribution in [3.8, 4) is 0 Å². The van der Waals surface area contributed by atoms with Crippen LogP contribution in [0.2, 0.25) is 0 Å². The van der Waals surface area contributed by atoms with Gasteiger partial charge in [0.25, 0.3) is 0 Å². The maximum absolute atomic E-state index is 12.7. The van der Waals surface area contributed by atoms with E-state index in [1.54, 1.807) is 0 Å². The van der Waals surface area contributed by atoms with Crippen molar-refractivity contribution in [1.82, 2.24) is 0 Å². The van der Waals surface area contributed by atoms with Gasteiger partial charge in [0.05, 0.1) is 12.2 Å². The van der Waals surface area contributed by atoms with Crippen molar-refractivity contribution < 1.29 is 22.7 Å². The number of hydrogen-bond donors (Lipinski definition) is 1. The minimum absolute atomic E-state index is 0.152. The van der Waals surface area contributed by atoms with Crippen molar-refractivity contribution in [3.05, 3.63) is 40.7 Å². The lowest BCUT2D eigenvalue weighted by atomic mass is 10.0. The summed E-state index contributed by atoms with van der Waals surface area (Å²) in [5.74, 6) is -0.939. The third-order valence-electron chi connectivity index (χ3n) is 1.97. The van der Waals surface area contributed by atoms with E-state index in [4.69, 9.17) is 5.11 Å². The number of aliphatic hydroxyl groups is 1. The van der Waals surface area contributed by atoms with Gasteiger partial charge in [0.1, 0.15) is 5.82 Å². The maximum atomic E-state index is 12.7. The van der Waals surface area contributed by atoms with Gasteiger partial charge >= 0.3 is 6.18 Å². The summed E-state index contributed by atoms with van der Waals surface area (Å²) < 4.78 is 50.3. The topological polar surface area (TPSA) is 20.2 Å². The van der Waals surface area contributed by atoms with Crippen LogP contribution in [0.4, 0.5) is 17.6 Å². The van der Waals surface area contributed by atoms with E-state index in [0.29, 0.717) is 11.6 Å². The number of rotatable bonds is 2. The van der Waals surface area contributed by atoms with E-state index < -0.39 is 17.6 Å². The third-order valence-corrected chi connectivity index (χ3v) is 1.97. The largest absolute Gasteiger partial charge is 0.417 e. The minimum atomic E-state index is -4.61. The molecule has 1 rings (SSSR count). The molecule has 0 radical (unpaired) electrons. The first-order chi connectivity index (χ1) is 7.34. The van der Waals surface area contributed by atoms with Gasteiger partial charge in [-0.15, -0.1) is 0 Å². The maximum Gasteiger partial charge on any atom is 0.417 e. The predicted molar refractivity (Wildman–Crippen MR) is 52.1 cm³/mol. The van der Waals surface area contributed by atoms with Crippen LogP contribution in [0.3, 0.4) is 0 Å². The molecule has 0 aliphatic rings. The van der Waals surface area contributed by atoms with E-state index in [2.05, 4.69) is 0 Å². The third kappa shape index (κ3) is 3.06. The molecule has 1 N–H and O–H groups in total. The second kappa shape index (κ2) is 4.65. The Labute approximate surface area is 90.0 Å². The Morgan fingerprint density at radius 3 is 2.50 bits per heavy atom. The summed E-state index contributed by atoms with van der Waals surface area (Å²) in [4.78, 5) is 0. The quantitative estimate of drug-likeness (QED) is 0.779. The lowest BCUT2D eigenvalue weighted by Gasteiger charge is -2.10. The zero-order chi connectivity index (χ0) is 12.3. The van der Waals surface area contributed by atoms with Gasteiger partial charge in [0.2, 0.25) is 0 Å². The Morgan fingerprint density at radius 1 is 1.38 bits per heavy atom. The number of aliphatic hydroxyl groups excluding tert-OH is 1. The predicted octanol–water partition coefficient (Wildman–Crippen LogP) is 3.24. The smallest absolute Gasteiger partial charge is 0.392 e. The highest BCUT2D eigenvalue weighted by Crippen LogP contribution is 2.33. The van der Waals surface area contributed by atoms with Gasteiger partial charge in [0, 0.05) is 0 Å². The van der Waals surface area contributed by atoms with Crippen molar-refractivity contribution in [2.75, 3.05) is 6.61 Å².